The lowest BCUT2D eigenvalue weighted by atomic mass is 10.1. The van der Waals surface area contributed by atoms with Gasteiger partial charge in [-0.15, -0.1) is 0 Å². The lowest BCUT2D eigenvalue weighted by Crippen LogP contribution is -2.30. The number of hydrogen-bond donors (Lipinski definition) is 0. The van der Waals surface area contributed by atoms with Crippen LogP contribution in [-0.4, -0.2) is 38.3 Å². The lowest BCUT2D eigenvalue weighted by molar-refractivity contribution is -0.118. The van der Waals surface area contributed by atoms with Crippen molar-refractivity contribution in [2.24, 2.45) is 5.92 Å². The van der Waals surface area contributed by atoms with Gasteiger partial charge in [0.25, 0.3) is 0 Å². The highest BCUT2D eigenvalue weighted by atomic mass is 32.2. The van der Waals surface area contributed by atoms with Crippen molar-refractivity contribution in [1.82, 2.24) is 4.31 Å². The van der Waals surface area contributed by atoms with E-state index in [1.54, 1.807) is 23.1 Å². The first-order valence-electron chi connectivity index (χ1n) is 8.74. The topological polar surface area (TPSA) is 57.7 Å². The second-order valence-electron chi connectivity index (χ2n) is 6.61. The Labute approximate surface area is 145 Å². The minimum atomic E-state index is -3.45. The second-order valence-corrected chi connectivity index (χ2v) is 8.55. The van der Waals surface area contributed by atoms with Gasteiger partial charge in [0.2, 0.25) is 15.9 Å². The van der Waals surface area contributed by atoms with Crippen LogP contribution in [0.1, 0.15) is 46.1 Å². The number of hydrogen-bond acceptors (Lipinski definition) is 3. The quantitative estimate of drug-likeness (QED) is 0.758. The number of nitrogens with zero attached hydrogens (tertiary/aromatic N) is 2. The first-order valence-corrected chi connectivity index (χ1v) is 10.2. The summed E-state index contributed by atoms with van der Waals surface area (Å²) in [5.41, 5.74) is 1.81. The summed E-state index contributed by atoms with van der Waals surface area (Å²) < 4.78 is 26.7. The van der Waals surface area contributed by atoms with Gasteiger partial charge in [-0.2, -0.15) is 4.31 Å². The molecule has 24 heavy (non-hydrogen) atoms. The molecule has 2 rings (SSSR count). The van der Waals surface area contributed by atoms with Crippen LogP contribution in [0.4, 0.5) is 5.69 Å². The fraction of sp³-hybridized carbons (Fsp3) is 0.611. The van der Waals surface area contributed by atoms with E-state index in [1.165, 1.54) is 4.31 Å². The molecule has 1 heterocycles. The number of carbonyl (C=O) groups excluding carboxylic acids is 1. The zero-order chi connectivity index (χ0) is 17.9. The van der Waals surface area contributed by atoms with E-state index in [0.29, 0.717) is 43.3 Å². The highest BCUT2D eigenvalue weighted by molar-refractivity contribution is 7.89. The van der Waals surface area contributed by atoms with Gasteiger partial charge in [-0.25, -0.2) is 8.42 Å². The van der Waals surface area contributed by atoms with E-state index in [2.05, 4.69) is 13.8 Å². The zero-order valence-corrected chi connectivity index (χ0v) is 15.9. The Morgan fingerprint density at radius 3 is 2.50 bits per heavy atom. The number of benzene rings is 1. The van der Waals surface area contributed by atoms with Crippen molar-refractivity contribution in [3.05, 3.63) is 23.8 Å². The molecule has 0 aliphatic carbocycles. The Kier molecular flexibility index (Phi) is 6.04. The number of fused-ring (bicyclic) bond motifs is 1. The Bertz CT molecular complexity index is 694. The van der Waals surface area contributed by atoms with Gasteiger partial charge in [-0.1, -0.05) is 27.7 Å². The second kappa shape index (κ2) is 7.66. The Balaban J connectivity index is 2.23. The Morgan fingerprint density at radius 2 is 1.92 bits per heavy atom. The molecular weight excluding hydrogens is 324 g/mol. The van der Waals surface area contributed by atoms with Gasteiger partial charge in [-0.3, -0.25) is 4.79 Å². The predicted molar refractivity (Wildman–Crippen MR) is 96.7 cm³/mol. The molecule has 1 aromatic rings. The number of sulfonamides is 1. The lowest BCUT2D eigenvalue weighted by Gasteiger charge is -2.20. The first kappa shape index (κ1) is 18.9. The summed E-state index contributed by atoms with van der Waals surface area (Å²) in [6.07, 6.45) is 2.13. The molecule has 0 bridgehead atoms. The summed E-state index contributed by atoms with van der Waals surface area (Å²) >= 11 is 0. The van der Waals surface area contributed by atoms with Gasteiger partial charge in [0.1, 0.15) is 0 Å². The monoisotopic (exact) mass is 352 g/mol. The highest BCUT2D eigenvalue weighted by Gasteiger charge is 2.28. The predicted octanol–water partition coefficient (Wildman–Crippen LogP) is 3.04. The van der Waals surface area contributed by atoms with E-state index in [-0.39, 0.29) is 5.91 Å². The first-order chi connectivity index (χ1) is 11.3. The van der Waals surface area contributed by atoms with E-state index in [4.69, 9.17) is 0 Å². The fourth-order valence-corrected chi connectivity index (χ4v) is 4.57. The molecule has 5 nitrogen and oxygen atoms in total. The number of anilines is 1. The zero-order valence-electron chi connectivity index (χ0n) is 15.1. The van der Waals surface area contributed by atoms with Crippen molar-refractivity contribution in [1.29, 1.82) is 0 Å². The average molecular weight is 353 g/mol. The third-order valence-corrected chi connectivity index (χ3v) is 6.57. The van der Waals surface area contributed by atoms with Crippen molar-refractivity contribution in [3.8, 4) is 0 Å². The minimum Gasteiger partial charge on any atom is -0.312 e. The molecule has 0 saturated carbocycles. The van der Waals surface area contributed by atoms with E-state index in [9.17, 15) is 13.2 Å². The molecule has 1 aliphatic heterocycles. The Hall–Kier alpha value is -1.40. The van der Waals surface area contributed by atoms with Gasteiger partial charge in [0.05, 0.1) is 4.90 Å². The minimum absolute atomic E-state index is 0.127. The number of amides is 1. The fourth-order valence-electron chi connectivity index (χ4n) is 3.06. The van der Waals surface area contributed by atoms with Crippen LogP contribution in [0.25, 0.3) is 0 Å². The third-order valence-electron chi connectivity index (χ3n) is 4.53. The van der Waals surface area contributed by atoms with Gasteiger partial charge >= 0.3 is 0 Å². The summed E-state index contributed by atoms with van der Waals surface area (Å²) in [5, 5.41) is 0. The van der Waals surface area contributed by atoms with Crippen molar-refractivity contribution in [2.75, 3.05) is 24.5 Å². The molecule has 1 amide bonds. The highest BCUT2D eigenvalue weighted by Crippen LogP contribution is 2.31. The summed E-state index contributed by atoms with van der Waals surface area (Å²) in [6, 6.07) is 5.14. The summed E-state index contributed by atoms with van der Waals surface area (Å²) in [6.45, 7) is 9.44. The van der Waals surface area contributed by atoms with Crippen LogP contribution >= 0.6 is 0 Å². The average Bonchev–Trinajstić information content (AvgIpc) is 2.96. The molecule has 1 aliphatic rings. The van der Waals surface area contributed by atoms with Crippen LogP contribution in [0.2, 0.25) is 0 Å². The maximum atomic E-state index is 12.6. The number of carbonyl (C=O) groups is 1. The molecule has 0 atom stereocenters. The normalized spacial score (nSPS) is 14.5. The van der Waals surface area contributed by atoms with E-state index < -0.39 is 10.0 Å². The van der Waals surface area contributed by atoms with E-state index >= 15 is 0 Å². The van der Waals surface area contributed by atoms with E-state index in [1.807, 2.05) is 13.8 Å². The smallest absolute Gasteiger partial charge is 0.243 e. The molecule has 134 valence electrons. The summed E-state index contributed by atoms with van der Waals surface area (Å²) in [7, 11) is -3.45. The molecule has 0 unspecified atom stereocenters. The van der Waals surface area contributed by atoms with Gasteiger partial charge in [0.15, 0.2) is 0 Å². The molecule has 0 fully saturated rings. The van der Waals surface area contributed by atoms with Crippen LogP contribution in [-0.2, 0) is 21.2 Å². The largest absolute Gasteiger partial charge is 0.312 e. The van der Waals surface area contributed by atoms with Crippen molar-refractivity contribution < 1.29 is 13.2 Å². The SMILES string of the molecule is CCN(CC)S(=O)(=O)c1ccc2c(c1)CCN2C(=O)CCC(C)C. The number of rotatable bonds is 7. The summed E-state index contributed by atoms with van der Waals surface area (Å²) in [4.78, 5) is 14.5. The van der Waals surface area contributed by atoms with E-state index in [0.717, 1.165) is 17.7 Å². The molecule has 0 N–H and O–H groups in total. The Morgan fingerprint density at radius 1 is 1.25 bits per heavy atom. The molecule has 1 aromatic carbocycles. The van der Waals surface area contributed by atoms with Crippen molar-refractivity contribution in [2.45, 2.75) is 51.9 Å². The van der Waals surface area contributed by atoms with Crippen molar-refractivity contribution in [3.63, 3.8) is 0 Å². The standard InChI is InChI=1S/C18H28N2O3S/c1-5-19(6-2)24(22,23)16-8-9-17-15(13-16)11-12-20(17)18(21)10-7-14(3)4/h8-9,13-14H,5-7,10-12H2,1-4H3. The molecule has 0 aromatic heterocycles. The van der Waals surface area contributed by atoms with Crippen LogP contribution < -0.4 is 4.90 Å². The molecule has 0 radical (unpaired) electrons. The molecule has 0 spiro atoms. The maximum Gasteiger partial charge on any atom is 0.243 e. The summed E-state index contributed by atoms with van der Waals surface area (Å²) in [5.74, 6) is 0.624. The van der Waals surface area contributed by atoms with Gasteiger partial charge in [0, 0.05) is 31.7 Å². The van der Waals surface area contributed by atoms with Crippen molar-refractivity contribution >= 4 is 21.6 Å². The molecular formula is C18H28N2O3S. The molecule has 6 heteroatoms. The van der Waals surface area contributed by atoms with Crippen LogP contribution in [0, 0.1) is 5.92 Å². The van der Waals surface area contributed by atoms with Gasteiger partial charge in [-0.05, 0) is 42.5 Å². The maximum absolute atomic E-state index is 12.6. The third kappa shape index (κ3) is 3.81. The van der Waals surface area contributed by atoms with Crippen LogP contribution in [0.15, 0.2) is 23.1 Å². The van der Waals surface area contributed by atoms with Crippen LogP contribution in [0.5, 0.6) is 0 Å². The van der Waals surface area contributed by atoms with Gasteiger partial charge < -0.3 is 4.90 Å². The molecule has 0 saturated heterocycles. The van der Waals surface area contributed by atoms with Crippen LogP contribution in [0.3, 0.4) is 0 Å².